The average molecular weight is 246 g/mol. The third-order valence-electron chi connectivity index (χ3n) is 1.54. The molecular formula is C7H4BrNO2S. The number of thiophene rings is 1. The van der Waals surface area contributed by atoms with Gasteiger partial charge in [-0.1, -0.05) is 0 Å². The van der Waals surface area contributed by atoms with Gasteiger partial charge in [-0.15, -0.1) is 11.3 Å². The van der Waals surface area contributed by atoms with Gasteiger partial charge in [0.05, 0.1) is 10.2 Å². The molecule has 0 unspecified atom stereocenters. The fraction of sp³-hybridized carbons (Fsp3) is 0. The second-order valence-corrected chi connectivity index (χ2v) is 3.99. The minimum atomic E-state index is -0.307. The number of hydrogen-bond donors (Lipinski definition) is 2. The van der Waals surface area contributed by atoms with Crippen molar-refractivity contribution in [1.82, 2.24) is 4.98 Å². The van der Waals surface area contributed by atoms with E-state index in [4.69, 9.17) is 0 Å². The molecule has 0 aliphatic heterocycles. The zero-order valence-electron chi connectivity index (χ0n) is 5.80. The van der Waals surface area contributed by atoms with Gasteiger partial charge < -0.3 is 10.1 Å². The third kappa shape index (κ3) is 0.971. The molecule has 0 saturated heterocycles. The molecule has 0 saturated carbocycles. The zero-order valence-corrected chi connectivity index (χ0v) is 8.20. The molecule has 12 heavy (non-hydrogen) atoms. The Morgan fingerprint density at radius 3 is 3.08 bits per heavy atom. The molecule has 2 N–H and O–H groups in total. The maximum Gasteiger partial charge on any atom is 0.266 e. The standard InChI is InChI=1S/C7H4BrNO2S/c8-4-5(10)6-3(1-2-12-6)9-7(4)11/h1-2H,(H2,9,10,11). The lowest BCUT2D eigenvalue weighted by molar-refractivity contribution is 0.478. The Balaban J connectivity index is 3.04. The molecule has 0 atom stereocenters. The highest BCUT2D eigenvalue weighted by Crippen LogP contribution is 2.31. The van der Waals surface area contributed by atoms with Crippen LogP contribution >= 0.6 is 27.3 Å². The van der Waals surface area contributed by atoms with Gasteiger partial charge in [0.2, 0.25) is 0 Å². The van der Waals surface area contributed by atoms with Crippen molar-refractivity contribution in [2.75, 3.05) is 0 Å². The van der Waals surface area contributed by atoms with Gasteiger partial charge in [0.1, 0.15) is 4.47 Å². The molecule has 0 amide bonds. The van der Waals surface area contributed by atoms with E-state index < -0.39 is 0 Å². The topological polar surface area (TPSA) is 53.1 Å². The van der Waals surface area contributed by atoms with E-state index >= 15 is 0 Å². The summed E-state index contributed by atoms with van der Waals surface area (Å²) < 4.78 is 0.888. The van der Waals surface area contributed by atoms with E-state index in [-0.39, 0.29) is 15.8 Å². The van der Waals surface area contributed by atoms with Crippen LogP contribution in [0.3, 0.4) is 0 Å². The van der Waals surface area contributed by atoms with Crippen LogP contribution in [0, 0.1) is 0 Å². The van der Waals surface area contributed by atoms with E-state index in [0.717, 1.165) is 0 Å². The number of H-pyrrole nitrogens is 1. The van der Waals surface area contributed by atoms with Crippen LogP contribution in [-0.2, 0) is 0 Å². The zero-order chi connectivity index (χ0) is 8.72. The minimum Gasteiger partial charge on any atom is -0.505 e. The highest BCUT2D eigenvalue weighted by atomic mass is 79.9. The first-order chi connectivity index (χ1) is 5.70. The fourth-order valence-corrected chi connectivity index (χ4v) is 2.20. The quantitative estimate of drug-likeness (QED) is 0.747. The van der Waals surface area contributed by atoms with Crippen molar-refractivity contribution in [2.45, 2.75) is 0 Å². The molecule has 0 aromatic carbocycles. The van der Waals surface area contributed by atoms with Crippen LogP contribution in [0.5, 0.6) is 5.75 Å². The molecule has 3 nitrogen and oxygen atoms in total. The summed E-state index contributed by atoms with van der Waals surface area (Å²) in [6.07, 6.45) is 0. The van der Waals surface area contributed by atoms with Crippen molar-refractivity contribution in [2.24, 2.45) is 0 Å². The number of aromatic amines is 1. The van der Waals surface area contributed by atoms with Crippen LogP contribution < -0.4 is 5.56 Å². The van der Waals surface area contributed by atoms with Crippen molar-refractivity contribution in [3.8, 4) is 5.75 Å². The minimum absolute atomic E-state index is 0.0174. The van der Waals surface area contributed by atoms with Crippen LogP contribution in [0.4, 0.5) is 0 Å². The molecule has 2 rings (SSSR count). The summed E-state index contributed by atoms with van der Waals surface area (Å²) in [7, 11) is 0. The summed E-state index contributed by atoms with van der Waals surface area (Å²) in [6, 6.07) is 1.76. The highest BCUT2D eigenvalue weighted by molar-refractivity contribution is 9.10. The monoisotopic (exact) mass is 245 g/mol. The summed E-state index contributed by atoms with van der Waals surface area (Å²) in [4.78, 5) is 13.7. The van der Waals surface area contributed by atoms with Crippen molar-refractivity contribution in [3.63, 3.8) is 0 Å². The summed E-state index contributed by atoms with van der Waals surface area (Å²) >= 11 is 4.38. The number of pyridine rings is 1. The molecule has 0 spiro atoms. The number of aromatic hydroxyl groups is 1. The molecule has 2 aromatic rings. The maximum atomic E-state index is 11.1. The first kappa shape index (κ1) is 7.82. The Kier molecular flexibility index (Phi) is 1.69. The molecule has 2 aromatic heterocycles. The third-order valence-corrected chi connectivity index (χ3v) is 3.19. The Morgan fingerprint density at radius 1 is 1.58 bits per heavy atom. The molecule has 62 valence electrons. The van der Waals surface area contributed by atoms with E-state index in [1.165, 1.54) is 11.3 Å². The lowest BCUT2D eigenvalue weighted by atomic mass is 10.4. The van der Waals surface area contributed by atoms with Crippen LogP contribution in [0.2, 0.25) is 0 Å². The van der Waals surface area contributed by atoms with Crippen molar-refractivity contribution in [1.29, 1.82) is 0 Å². The van der Waals surface area contributed by atoms with Gasteiger partial charge in [-0.2, -0.15) is 0 Å². The van der Waals surface area contributed by atoms with E-state index in [1.807, 2.05) is 5.38 Å². The van der Waals surface area contributed by atoms with E-state index in [2.05, 4.69) is 20.9 Å². The molecule has 2 heterocycles. The van der Waals surface area contributed by atoms with Gasteiger partial charge in [0.25, 0.3) is 5.56 Å². The van der Waals surface area contributed by atoms with E-state index in [1.54, 1.807) is 6.07 Å². The molecule has 0 aliphatic carbocycles. The van der Waals surface area contributed by atoms with Gasteiger partial charge >= 0.3 is 0 Å². The average Bonchev–Trinajstić information content (AvgIpc) is 2.48. The number of fused-ring (bicyclic) bond motifs is 1. The van der Waals surface area contributed by atoms with Crippen molar-refractivity contribution >= 4 is 37.5 Å². The number of halogens is 1. The van der Waals surface area contributed by atoms with E-state index in [0.29, 0.717) is 10.2 Å². The maximum absolute atomic E-state index is 11.1. The SMILES string of the molecule is O=c1[nH]c2ccsc2c(O)c1Br. The highest BCUT2D eigenvalue weighted by Gasteiger charge is 2.08. The first-order valence-electron chi connectivity index (χ1n) is 3.18. The number of rotatable bonds is 0. The number of hydrogen-bond acceptors (Lipinski definition) is 3. The van der Waals surface area contributed by atoms with Crippen molar-refractivity contribution < 1.29 is 5.11 Å². The Morgan fingerprint density at radius 2 is 2.33 bits per heavy atom. The van der Waals surface area contributed by atoms with Gasteiger partial charge in [-0.05, 0) is 27.4 Å². The van der Waals surface area contributed by atoms with Gasteiger partial charge in [0, 0.05) is 0 Å². The number of aromatic nitrogens is 1. The van der Waals surface area contributed by atoms with Gasteiger partial charge in [0.15, 0.2) is 5.75 Å². The fourth-order valence-electron chi connectivity index (χ4n) is 0.975. The Labute approximate surface area is 79.8 Å². The predicted molar refractivity (Wildman–Crippen MR) is 51.8 cm³/mol. The lowest BCUT2D eigenvalue weighted by Crippen LogP contribution is -2.05. The number of nitrogens with one attached hydrogen (secondary N) is 1. The second kappa shape index (κ2) is 2.60. The largest absolute Gasteiger partial charge is 0.505 e. The molecule has 0 aliphatic rings. The van der Waals surface area contributed by atoms with Gasteiger partial charge in [-0.25, -0.2) is 0 Å². The summed E-state index contributed by atoms with van der Waals surface area (Å²) in [5.74, 6) is 0.0174. The normalized spacial score (nSPS) is 10.8. The van der Waals surface area contributed by atoms with Crippen LogP contribution in [-0.4, -0.2) is 10.1 Å². The molecule has 0 bridgehead atoms. The smallest absolute Gasteiger partial charge is 0.266 e. The summed E-state index contributed by atoms with van der Waals surface area (Å²) in [5, 5.41) is 11.3. The predicted octanol–water partition coefficient (Wildman–Crippen LogP) is 2.06. The summed E-state index contributed by atoms with van der Waals surface area (Å²) in [5.41, 5.74) is 0.365. The molecule has 5 heteroatoms. The van der Waals surface area contributed by atoms with Gasteiger partial charge in [-0.3, -0.25) is 4.79 Å². The van der Waals surface area contributed by atoms with Crippen LogP contribution in [0.15, 0.2) is 20.7 Å². The van der Waals surface area contributed by atoms with Crippen molar-refractivity contribution in [3.05, 3.63) is 26.3 Å². The molecule has 0 fully saturated rings. The second-order valence-electron chi connectivity index (χ2n) is 2.28. The molecule has 0 radical (unpaired) electrons. The van der Waals surface area contributed by atoms with Crippen LogP contribution in [0.25, 0.3) is 10.2 Å². The first-order valence-corrected chi connectivity index (χ1v) is 4.85. The Bertz CT molecular complexity index is 488. The summed E-state index contributed by atoms with van der Waals surface area (Å²) in [6.45, 7) is 0. The Hall–Kier alpha value is -0.810. The van der Waals surface area contributed by atoms with E-state index in [9.17, 15) is 9.90 Å². The van der Waals surface area contributed by atoms with Crippen LogP contribution in [0.1, 0.15) is 0 Å². The lowest BCUT2D eigenvalue weighted by Gasteiger charge is -1.96. The molecular weight excluding hydrogens is 242 g/mol.